The molecule has 0 aliphatic carbocycles. The number of ether oxygens (including phenoxy) is 1. The maximum Gasteiger partial charge on any atom is 2.00 e. The van der Waals surface area contributed by atoms with Gasteiger partial charge in [-0.25, -0.2) is 4.98 Å². The van der Waals surface area contributed by atoms with Gasteiger partial charge in [0.1, 0.15) is 5.82 Å². The molecular weight excluding hydrogens is 736 g/mol. The van der Waals surface area contributed by atoms with E-state index in [0.717, 1.165) is 50.3 Å². The molecule has 0 atom stereocenters. The van der Waals surface area contributed by atoms with E-state index in [2.05, 4.69) is 118 Å². The minimum atomic E-state index is 0. The summed E-state index contributed by atoms with van der Waals surface area (Å²) in [7, 11) is 0. The molecule has 0 N–H and O–H groups in total. The number of pyridine rings is 1. The summed E-state index contributed by atoms with van der Waals surface area (Å²) < 4.78 is 10.6. The van der Waals surface area contributed by atoms with Gasteiger partial charge in [-0.3, -0.25) is 4.68 Å². The molecule has 6 heteroatoms. The minimum absolute atomic E-state index is 0. The number of hydrogen-bond acceptors (Lipinski definition) is 3. The number of aromatic nitrogens is 4. The van der Waals surface area contributed by atoms with Crippen molar-refractivity contribution in [2.24, 2.45) is 0 Å². The molecule has 3 heterocycles. The maximum atomic E-state index is 6.44. The van der Waals surface area contributed by atoms with Crippen LogP contribution >= 0.6 is 0 Å². The van der Waals surface area contributed by atoms with E-state index in [1.165, 1.54) is 11.1 Å². The third kappa shape index (κ3) is 5.62. The Morgan fingerprint density at radius 3 is 2.24 bits per heavy atom. The Labute approximate surface area is 278 Å². The molecule has 7 aromatic rings. The van der Waals surface area contributed by atoms with Gasteiger partial charge >= 0.3 is 21.1 Å². The molecule has 226 valence electrons. The Bertz CT molecular complexity index is 2120. The molecule has 45 heavy (non-hydrogen) atoms. The van der Waals surface area contributed by atoms with Crippen molar-refractivity contribution in [3.05, 3.63) is 132 Å². The Balaban J connectivity index is 0.00000357. The summed E-state index contributed by atoms with van der Waals surface area (Å²) in [6.45, 7) is 10.9. The number of nitrogens with zero attached hydrogens (tertiary/aromatic N) is 4. The third-order valence-corrected chi connectivity index (χ3v) is 7.99. The molecule has 0 saturated heterocycles. The number of hydrogen-bond donors (Lipinski definition) is 0. The van der Waals surface area contributed by atoms with Crippen LogP contribution < -0.4 is 4.74 Å². The fourth-order valence-electron chi connectivity index (χ4n) is 6.02. The number of aryl methyl sites for hydroxylation is 1. The van der Waals surface area contributed by atoms with Crippen LogP contribution in [0.2, 0.25) is 0 Å². The molecule has 0 saturated carbocycles. The monoisotopic (exact) mass is 769 g/mol. The van der Waals surface area contributed by atoms with Crippen LogP contribution in [0.5, 0.6) is 11.5 Å². The first kappa shape index (κ1) is 30.6. The van der Waals surface area contributed by atoms with Crippen LogP contribution in [0.4, 0.5) is 0 Å². The van der Waals surface area contributed by atoms with Gasteiger partial charge in [0.15, 0.2) is 0 Å². The van der Waals surface area contributed by atoms with E-state index in [0.29, 0.717) is 11.5 Å². The van der Waals surface area contributed by atoms with E-state index in [1.807, 2.05) is 41.2 Å². The molecule has 4 aromatic carbocycles. The van der Waals surface area contributed by atoms with Crippen molar-refractivity contribution in [2.75, 3.05) is 0 Å². The molecule has 0 spiro atoms. The number of benzene rings is 4. The van der Waals surface area contributed by atoms with E-state index < -0.39 is 0 Å². The van der Waals surface area contributed by atoms with Gasteiger partial charge in [0.2, 0.25) is 0 Å². The summed E-state index contributed by atoms with van der Waals surface area (Å²) in [5.74, 6) is 2.58. The van der Waals surface area contributed by atoms with Crippen molar-refractivity contribution < 1.29 is 25.8 Å². The van der Waals surface area contributed by atoms with Gasteiger partial charge < -0.3 is 9.30 Å². The third-order valence-electron chi connectivity index (χ3n) is 7.99. The maximum absolute atomic E-state index is 6.44. The summed E-state index contributed by atoms with van der Waals surface area (Å²) in [5.41, 5.74) is 8.61. The molecule has 7 rings (SSSR count). The van der Waals surface area contributed by atoms with Crippen LogP contribution in [-0.2, 0) is 21.1 Å². The molecule has 0 fully saturated rings. The second-order valence-electron chi connectivity index (χ2n) is 11.9. The second-order valence-corrected chi connectivity index (χ2v) is 11.9. The second kappa shape index (κ2) is 12.5. The van der Waals surface area contributed by atoms with Crippen molar-refractivity contribution >= 4 is 21.8 Å². The molecule has 0 aliphatic heterocycles. The van der Waals surface area contributed by atoms with Gasteiger partial charge in [0, 0.05) is 28.8 Å². The molecule has 0 bridgehead atoms. The van der Waals surface area contributed by atoms with Gasteiger partial charge in [0.25, 0.3) is 0 Å². The summed E-state index contributed by atoms with van der Waals surface area (Å²) in [4.78, 5) is 4.69. The van der Waals surface area contributed by atoms with Crippen LogP contribution in [0.25, 0.3) is 44.4 Å². The number of rotatable bonds is 7. The standard InChI is InChI=1S/C39H34N4O.Pt/c1-25(2)38-37(28-12-7-6-8-13-28)39(26(3)4)43(41-38)29-14-11-15-30(23-29)44-31-18-19-33-32-16-9-10-17-34(32)42(35(33)24-31)36-22-27(5)20-21-40-36;/h6-22,25-26H,1-5H3;/q-2;+2. The van der Waals surface area contributed by atoms with Crippen LogP contribution in [-0.4, -0.2) is 19.3 Å². The van der Waals surface area contributed by atoms with Crippen LogP contribution in [0.1, 0.15) is 56.5 Å². The van der Waals surface area contributed by atoms with Crippen molar-refractivity contribution in [1.29, 1.82) is 0 Å². The molecule has 0 amide bonds. The summed E-state index contributed by atoms with van der Waals surface area (Å²) in [6, 6.07) is 40.1. The van der Waals surface area contributed by atoms with Crippen LogP contribution in [0.3, 0.4) is 0 Å². The summed E-state index contributed by atoms with van der Waals surface area (Å²) in [5, 5.41) is 7.40. The topological polar surface area (TPSA) is 44.9 Å². The Morgan fingerprint density at radius 2 is 1.49 bits per heavy atom. The summed E-state index contributed by atoms with van der Waals surface area (Å²) >= 11 is 0. The van der Waals surface area contributed by atoms with Crippen molar-refractivity contribution in [3.8, 4) is 34.1 Å². The fraction of sp³-hybridized carbons (Fsp3) is 0.179. The first-order valence-electron chi connectivity index (χ1n) is 15.2. The number of fused-ring (bicyclic) bond motifs is 3. The van der Waals surface area contributed by atoms with Gasteiger partial charge in [-0.1, -0.05) is 81.7 Å². The zero-order valence-electron chi connectivity index (χ0n) is 26.0. The quantitative estimate of drug-likeness (QED) is 0.152. The van der Waals surface area contributed by atoms with E-state index in [-0.39, 0.29) is 32.9 Å². The first-order valence-corrected chi connectivity index (χ1v) is 15.2. The van der Waals surface area contributed by atoms with Gasteiger partial charge in [-0.2, -0.15) is 17.2 Å². The normalized spacial score (nSPS) is 11.4. The van der Waals surface area contributed by atoms with E-state index >= 15 is 0 Å². The predicted molar refractivity (Wildman–Crippen MR) is 178 cm³/mol. The largest absolute Gasteiger partial charge is 2.00 e. The van der Waals surface area contributed by atoms with Crippen molar-refractivity contribution in [1.82, 2.24) is 19.3 Å². The zero-order chi connectivity index (χ0) is 30.4. The number of para-hydroxylation sites is 1. The van der Waals surface area contributed by atoms with E-state index in [1.54, 1.807) is 0 Å². The van der Waals surface area contributed by atoms with E-state index in [4.69, 9.17) is 14.8 Å². The molecule has 3 aromatic heterocycles. The Kier molecular flexibility index (Phi) is 8.48. The molecule has 0 aliphatic rings. The molecule has 0 unspecified atom stereocenters. The van der Waals surface area contributed by atoms with E-state index in [9.17, 15) is 0 Å². The molecule has 5 nitrogen and oxygen atoms in total. The minimum Gasteiger partial charge on any atom is -0.509 e. The Morgan fingerprint density at radius 1 is 0.733 bits per heavy atom. The fourth-order valence-corrected chi connectivity index (χ4v) is 6.02. The first-order chi connectivity index (χ1) is 21.4. The summed E-state index contributed by atoms with van der Waals surface area (Å²) in [6.07, 6.45) is 1.85. The van der Waals surface area contributed by atoms with Gasteiger partial charge in [-0.05, 0) is 59.2 Å². The predicted octanol–water partition coefficient (Wildman–Crippen LogP) is 9.98. The average Bonchev–Trinajstić information content (AvgIpc) is 3.59. The smallest absolute Gasteiger partial charge is 0.509 e. The molecule has 0 radical (unpaired) electrons. The average molecular weight is 770 g/mol. The van der Waals surface area contributed by atoms with Crippen molar-refractivity contribution in [2.45, 2.75) is 46.5 Å². The van der Waals surface area contributed by atoms with Gasteiger partial charge in [-0.15, -0.1) is 35.7 Å². The van der Waals surface area contributed by atoms with Crippen LogP contribution in [0, 0.1) is 19.1 Å². The SMILES string of the molecule is Cc1ccnc(-n2c3[c-]c(Oc4[c-]c(-n5nc(C(C)C)c(-c6ccccc6)c5C(C)C)ccc4)ccc3c3ccccc32)c1.[Pt+2]. The van der Waals surface area contributed by atoms with Gasteiger partial charge in [0.05, 0.1) is 11.4 Å². The Hall–Kier alpha value is -4.47. The van der Waals surface area contributed by atoms with Crippen molar-refractivity contribution in [3.63, 3.8) is 0 Å². The zero-order valence-corrected chi connectivity index (χ0v) is 28.3. The van der Waals surface area contributed by atoms with Crippen LogP contribution in [0.15, 0.2) is 103 Å². The molecular formula is C39H34N4OPt.